The number of isocyanates is 2. The second-order valence-electron chi connectivity index (χ2n) is 4.80. The quantitative estimate of drug-likeness (QED) is 0.528. The van der Waals surface area contributed by atoms with Gasteiger partial charge in [-0.15, -0.1) is 0 Å². The van der Waals surface area contributed by atoms with Crippen molar-refractivity contribution in [1.29, 1.82) is 0 Å². The van der Waals surface area contributed by atoms with Crippen molar-refractivity contribution in [1.82, 2.24) is 0 Å². The van der Waals surface area contributed by atoms with E-state index in [9.17, 15) is 9.59 Å². The van der Waals surface area contributed by atoms with Gasteiger partial charge in [0.05, 0.1) is 11.6 Å². The van der Waals surface area contributed by atoms with Crippen molar-refractivity contribution in [3.05, 3.63) is 0 Å². The molecule has 0 heterocycles. The molecular formula is C12H16N2O2. The highest BCUT2D eigenvalue weighted by Crippen LogP contribution is 2.47. The van der Waals surface area contributed by atoms with Crippen LogP contribution in [0.25, 0.3) is 0 Å². The number of rotatable bonds is 2. The zero-order chi connectivity index (χ0) is 11.4. The minimum atomic E-state index is -0.435. The molecule has 4 heteroatoms. The first-order valence-corrected chi connectivity index (χ1v) is 5.99. The Morgan fingerprint density at radius 1 is 1.00 bits per heavy atom. The molecule has 2 aliphatic carbocycles. The average molecular weight is 220 g/mol. The van der Waals surface area contributed by atoms with E-state index in [0.717, 1.165) is 38.5 Å². The third kappa shape index (κ3) is 1.75. The fourth-order valence-corrected chi connectivity index (χ4v) is 3.44. The van der Waals surface area contributed by atoms with Gasteiger partial charge in [-0.1, -0.05) is 19.3 Å². The van der Waals surface area contributed by atoms with Gasteiger partial charge >= 0.3 is 0 Å². The summed E-state index contributed by atoms with van der Waals surface area (Å²) in [5, 5.41) is 0. The van der Waals surface area contributed by atoms with Gasteiger partial charge in [-0.25, -0.2) is 9.59 Å². The smallest absolute Gasteiger partial charge is 0.211 e. The van der Waals surface area contributed by atoms with Crippen LogP contribution in [-0.4, -0.2) is 23.7 Å². The molecule has 3 atom stereocenters. The van der Waals surface area contributed by atoms with E-state index in [1.54, 1.807) is 12.2 Å². The van der Waals surface area contributed by atoms with E-state index < -0.39 is 5.54 Å². The zero-order valence-corrected chi connectivity index (χ0v) is 9.32. The molecule has 86 valence electrons. The summed E-state index contributed by atoms with van der Waals surface area (Å²) in [5.74, 6) is 0.401. The van der Waals surface area contributed by atoms with E-state index in [2.05, 4.69) is 9.98 Å². The predicted octanol–water partition coefficient (Wildman–Crippen LogP) is 2.14. The largest absolute Gasteiger partial charge is 0.235 e. The SMILES string of the molecule is O=C=NC1CCCC2CCCCC21N=C=O. The number of carbonyl (C=O) groups excluding carboxylic acids is 2. The molecule has 3 unspecified atom stereocenters. The number of aliphatic imine (C=N–C) groups is 2. The lowest BCUT2D eigenvalue weighted by Gasteiger charge is -2.46. The maximum Gasteiger partial charge on any atom is 0.235 e. The van der Waals surface area contributed by atoms with Crippen molar-refractivity contribution in [2.75, 3.05) is 0 Å². The van der Waals surface area contributed by atoms with Gasteiger partial charge in [-0.05, 0) is 31.6 Å². The van der Waals surface area contributed by atoms with Gasteiger partial charge in [0.1, 0.15) is 0 Å². The Hall–Kier alpha value is -1.24. The van der Waals surface area contributed by atoms with Crippen LogP contribution in [-0.2, 0) is 9.59 Å². The molecule has 2 fully saturated rings. The topological polar surface area (TPSA) is 58.9 Å². The van der Waals surface area contributed by atoms with E-state index in [-0.39, 0.29) is 6.04 Å². The van der Waals surface area contributed by atoms with Crippen molar-refractivity contribution < 1.29 is 9.59 Å². The van der Waals surface area contributed by atoms with Crippen LogP contribution in [0.1, 0.15) is 44.9 Å². The average Bonchev–Trinajstić information content (AvgIpc) is 2.31. The Labute approximate surface area is 94.9 Å². The van der Waals surface area contributed by atoms with Crippen molar-refractivity contribution >= 4 is 12.2 Å². The standard InChI is InChI=1S/C12H16N2O2/c15-8-13-11-6-3-5-10-4-1-2-7-12(10,11)14-9-16/h10-11H,1-7H2. The molecule has 0 aromatic rings. The number of fused-ring (bicyclic) bond motifs is 1. The van der Waals surface area contributed by atoms with Crippen LogP contribution in [0.4, 0.5) is 0 Å². The molecule has 2 saturated carbocycles. The lowest BCUT2D eigenvalue weighted by molar-refractivity contribution is 0.111. The maximum absolute atomic E-state index is 10.6. The third-order valence-corrected chi connectivity index (χ3v) is 4.16. The van der Waals surface area contributed by atoms with E-state index in [1.165, 1.54) is 6.42 Å². The minimum Gasteiger partial charge on any atom is -0.211 e. The molecule has 0 aromatic carbocycles. The van der Waals surface area contributed by atoms with Crippen LogP contribution in [0.2, 0.25) is 0 Å². The Kier molecular flexibility index (Phi) is 3.33. The Bertz CT molecular complexity index is 354. The monoisotopic (exact) mass is 220 g/mol. The molecule has 0 aliphatic heterocycles. The molecule has 0 radical (unpaired) electrons. The Morgan fingerprint density at radius 3 is 2.56 bits per heavy atom. The van der Waals surface area contributed by atoms with Crippen molar-refractivity contribution in [3.8, 4) is 0 Å². The van der Waals surface area contributed by atoms with Gasteiger partial charge in [0.2, 0.25) is 12.2 Å². The Morgan fingerprint density at radius 2 is 1.81 bits per heavy atom. The molecule has 16 heavy (non-hydrogen) atoms. The van der Waals surface area contributed by atoms with Crippen LogP contribution in [0.3, 0.4) is 0 Å². The fraction of sp³-hybridized carbons (Fsp3) is 0.833. The summed E-state index contributed by atoms with van der Waals surface area (Å²) in [6.07, 6.45) is 10.6. The molecule has 0 saturated heterocycles. The van der Waals surface area contributed by atoms with E-state index in [4.69, 9.17) is 0 Å². The first-order valence-electron chi connectivity index (χ1n) is 5.99. The zero-order valence-electron chi connectivity index (χ0n) is 9.32. The van der Waals surface area contributed by atoms with Crippen molar-refractivity contribution in [2.24, 2.45) is 15.9 Å². The van der Waals surface area contributed by atoms with Crippen LogP contribution >= 0.6 is 0 Å². The van der Waals surface area contributed by atoms with Crippen molar-refractivity contribution in [3.63, 3.8) is 0 Å². The molecular weight excluding hydrogens is 204 g/mol. The first-order chi connectivity index (χ1) is 7.83. The van der Waals surface area contributed by atoms with Crippen molar-refractivity contribution in [2.45, 2.75) is 56.5 Å². The third-order valence-electron chi connectivity index (χ3n) is 4.16. The molecule has 2 rings (SSSR count). The normalized spacial score (nSPS) is 37.8. The summed E-state index contributed by atoms with van der Waals surface area (Å²) in [4.78, 5) is 29.0. The Balaban J connectivity index is 2.37. The second kappa shape index (κ2) is 4.73. The summed E-state index contributed by atoms with van der Waals surface area (Å²) in [5.41, 5.74) is -0.435. The molecule has 0 aromatic heterocycles. The molecule has 0 bridgehead atoms. The van der Waals surface area contributed by atoms with Gasteiger partial charge in [-0.2, -0.15) is 9.98 Å². The summed E-state index contributed by atoms with van der Waals surface area (Å²) >= 11 is 0. The molecule has 4 nitrogen and oxygen atoms in total. The first kappa shape index (κ1) is 11.3. The molecule has 2 aliphatic rings. The van der Waals surface area contributed by atoms with Gasteiger partial charge in [-0.3, -0.25) is 0 Å². The van der Waals surface area contributed by atoms with Gasteiger partial charge in [0, 0.05) is 0 Å². The lowest BCUT2D eigenvalue weighted by atomic mass is 9.63. The van der Waals surface area contributed by atoms with Crippen LogP contribution < -0.4 is 0 Å². The lowest BCUT2D eigenvalue weighted by Crippen LogP contribution is -2.50. The number of nitrogens with zero attached hydrogens (tertiary/aromatic N) is 2. The van der Waals surface area contributed by atoms with Crippen LogP contribution in [0, 0.1) is 5.92 Å². The number of hydrogen-bond donors (Lipinski definition) is 0. The van der Waals surface area contributed by atoms with Crippen LogP contribution in [0.15, 0.2) is 9.98 Å². The van der Waals surface area contributed by atoms with Gasteiger partial charge in [0.15, 0.2) is 0 Å². The summed E-state index contributed by atoms with van der Waals surface area (Å²) in [6, 6.07) is -0.148. The maximum atomic E-state index is 10.6. The number of hydrogen-bond acceptors (Lipinski definition) is 4. The van der Waals surface area contributed by atoms with E-state index in [1.807, 2.05) is 0 Å². The highest BCUT2D eigenvalue weighted by Gasteiger charge is 2.49. The van der Waals surface area contributed by atoms with E-state index >= 15 is 0 Å². The summed E-state index contributed by atoms with van der Waals surface area (Å²) in [6.45, 7) is 0. The molecule has 0 spiro atoms. The highest BCUT2D eigenvalue weighted by atomic mass is 16.1. The fourth-order valence-electron chi connectivity index (χ4n) is 3.44. The van der Waals surface area contributed by atoms with Gasteiger partial charge in [0.25, 0.3) is 0 Å². The van der Waals surface area contributed by atoms with Gasteiger partial charge < -0.3 is 0 Å². The second-order valence-corrected chi connectivity index (χ2v) is 4.80. The molecule has 0 amide bonds. The predicted molar refractivity (Wildman–Crippen MR) is 58.6 cm³/mol. The summed E-state index contributed by atoms with van der Waals surface area (Å²) in [7, 11) is 0. The van der Waals surface area contributed by atoms with Crippen LogP contribution in [0.5, 0.6) is 0 Å². The van der Waals surface area contributed by atoms with E-state index in [0.29, 0.717) is 5.92 Å². The molecule has 0 N–H and O–H groups in total. The highest BCUT2D eigenvalue weighted by molar-refractivity contribution is 5.38. The minimum absolute atomic E-state index is 0.148. The summed E-state index contributed by atoms with van der Waals surface area (Å²) < 4.78 is 0.